The molecule has 5 atom stereocenters. The molecule has 0 radical (unpaired) electrons. The maximum atomic E-state index is 11.6. The third-order valence-electron chi connectivity index (χ3n) is 6.43. The summed E-state index contributed by atoms with van der Waals surface area (Å²) in [4.78, 5) is 14.0. The van der Waals surface area contributed by atoms with Gasteiger partial charge in [0.1, 0.15) is 6.10 Å². The van der Waals surface area contributed by atoms with Crippen molar-refractivity contribution >= 4 is 5.97 Å². The summed E-state index contributed by atoms with van der Waals surface area (Å²) in [6.45, 7) is 2.41. The van der Waals surface area contributed by atoms with Crippen LogP contribution in [0.3, 0.4) is 0 Å². The molecule has 0 aromatic heterocycles. The van der Waals surface area contributed by atoms with Crippen LogP contribution in [0.4, 0.5) is 0 Å². The van der Waals surface area contributed by atoms with Crippen molar-refractivity contribution in [1.82, 2.24) is 4.90 Å². The van der Waals surface area contributed by atoms with Crippen LogP contribution >= 0.6 is 0 Å². The van der Waals surface area contributed by atoms with Crippen molar-refractivity contribution in [3.8, 4) is 11.5 Å². The Labute approximate surface area is 140 Å². The van der Waals surface area contributed by atoms with E-state index in [1.807, 2.05) is 12.1 Å². The molecule has 0 saturated carbocycles. The van der Waals surface area contributed by atoms with Crippen LogP contribution in [0.1, 0.15) is 24.5 Å². The van der Waals surface area contributed by atoms with Gasteiger partial charge in [-0.1, -0.05) is 12.1 Å². The number of aromatic hydroxyl groups is 1. The van der Waals surface area contributed by atoms with Crippen LogP contribution in [0.5, 0.6) is 11.5 Å². The molecule has 4 aliphatic rings. The number of hydrogen-bond donors (Lipinski definition) is 1. The summed E-state index contributed by atoms with van der Waals surface area (Å²) < 4.78 is 11.8. The van der Waals surface area contributed by atoms with Crippen LogP contribution in [-0.4, -0.2) is 47.8 Å². The second-order valence-corrected chi connectivity index (χ2v) is 7.51. The highest BCUT2D eigenvalue weighted by molar-refractivity contribution is 5.67. The predicted octanol–water partition coefficient (Wildman–Crippen LogP) is 1.77. The molecule has 1 aromatic rings. The SMILES string of the molecule is CC(=O)O[C@@H]1C=C[C@H]2[C@H]3Cc4ccc(O)c5c4[C@@]2(CCN3C)[C@H]1O5. The first-order valence-corrected chi connectivity index (χ1v) is 8.60. The summed E-state index contributed by atoms with van der Waals surface area (Å²) in [7, 11) is 2.18. The Balaban J connectivity index is 1.74. The lowest BCUT2D eigenvalue weighted by molar-refractivity contribution is -0.152. The van der Waals surface area contributed by atoms with Gasteiger partial charge in [-0.25, -0.2) is 0 Å². The smallest absolute Gasteiger partial charge is 0.303 e. The van der Waals surface area contributed by atoms with E-state index in [4.69, 9.17) is 9.47 Å². The summed E-state index contributed by atoms with van der Waals surface area (Å²) in [6.07, 6.45) is 5.45. The van der Waals surface area contributed by atoms with Crippen LogP contribution in [0, 0.1) is 5.92 Å². The van der Waals surface area contributed by atoms with Gasteiger partial charge in [0, 0.05) is 29.9 Å². The van der Waals surface area contributed by atoms with Crippen LogP contribution in [0.15, 0.2) is 24.3 Å². The minimum atomic E-state index is -0.402. The van der Waals surface area contributed by atoms with E-state index in [0.717, 1.165) is 24.9 Å². The van der Waals surface area contributed by atoms with Crippen molar-refractivity contribution in [3.63, 3.8) is 0 Å². The number of piperidine rings is 1. The molecule has 2 aliphatic carbocycles. The molecular formula is C19H21NO4. The van der Waals surface area contributed by atoms with E-state index in [2.05, 4.69) is 18.0 Å². The molecule has 1 aromatic carbocycles. The lowest BCUT2D eigenvalue weighted by atomic mass is 9.53. The fraction of sp³-hybridized carbons (Fsp3) is 0.526. The standard InChI is InChI=1S/C19H21NO4/c1-10(21)23-15-6-4-12-13-9-11-3-5-14(22)17-16(11)19(12,18(15)24-17)7-8-20(13)2/h3-6,12-13,15,18,22H,7-9H2,1-2H3/t12-,13+,15+,18-,19-/m0/s1. The van der Waals surface area contributed by atoms with Gasteiger partial charge < -0.3 is 19.5 Å². The van der Waals surface area contributed by atoms with Gasteiger partial charge in [0.05, 0.1) is 0 Å². The van der Waals surface area contributed by atoms with E-state index in [0.29, 0.717) is 17.7 Å². The Morgan fingerprint density at radius 2 is 2.25 bits per heavy atom. The van der Waals surface area contributed by atoms with Crippen LogP contribution in [0.2, 0.25) is 0 Å². The second kappa shape index (κ2) is 4.54. The normalized spacial score (nSPS) is 38.4. The average Bonchev–Trinajstić information content (AvgIpc) is 2.89. The van der Waals surface area contributed by atoms with E-state index in [1.54, 1.807) is 6.07 Å². The minimum Gasteiger partial charge on any atom is -0.504 e. The number of benzene rings is 1. The molecule has 1 N–H and O–H groups in total. The van der Waals surface area contributed by atoms with Crippen LogP contribution in [0.25, 0.3) is 0 Å². The van der Waals surface area contributed by atoms with E-state index in [1.165, 1.54) is 12.5 Å². The Morgan fingerprint density at radius 1 is 1.42 bits per heavy atom. The highest BCUT2D eigenvalue weighted by Gasteiger charge is 2.64. The number of carbonyl (C=O) groups excluding carboxylic acids is 1. The van der Waals surface area contributed by atoms with E-state index in [-0.39, 0.29) is 23.2 Å². The van der Waals surface area contributed by atoms with Gasteiger partial charge >= 0.3 is 5.97 Å². The van der Waals surface area contributed by atoms with Crippen molar-refractivity contribution in [2.75, 3.05) is 13.6 Å². The largest absolute Gasteiger partial charge is 0.504 e. The molecule has 5 heteroatoms. The summed E-state index contributed by atoms with van der Waals surface area (Å²) in [5.74, 6) is 0.814. The molecule has 24 heavy (non-hydrogen) atoms. The first-order chi connectivity index (χ1) is 11.5. The molecule has 0 unspecified atom stereocenters. The van der Waals surface area contributed by atoms with Gasteiger partial charge in [-0.3, -0.25) is 4.79 Å². The number of ether oxygens (including phenoxy) is 2. The Hall–Kier alpha value is -2.01. The molecule has 2 aliphatic heterocycles. The zero-order valence-electron chi connectivity index (χ0n) is 13.9. The van der Waals surface area contributed by atoms with E-state index >= 15 is 0 Å². The third kappa shape index (κ3) is 1.56. The Kier molecular flexibility index (Phi) is 2.71. The van der Waals surface area contributed by atoms with Crippen LogP contribution in [-0.2, 0) is 21.4 Å². The molecular weight excluding hydrogens is 306 g/mol. The number of nitrogens with zero attached hydrogens (tertiary/aromatic N) is 1. The van der Waals surface area contributed by atoms with Gasteiger partial charge in [-0.15, -0.1) is 0 Å². The topological polar surface area (TPSA) is 59.0 Å². The highest BCUT2D eigenvalue weighted by Crippen LogP contribution is 2.62. The molecule has 1 fully saturated rings. The lowest BCUT2D eigenvalue weighted by Gasteiger charge is -2.56. The van der Waals surface area contributed by atoms with Crippen molar-refractivity contribution in [3.05, 3.63) is 35.4 Å². The fourth-order valence-electron chi connectivity index (χ4n) is 5.51. The minimum absolute atomic E-state index is 0.190. The van der Waals surface area contributed by atoms with Crippen molar-refractivity contribution in [2.45, 2.75) is 43.4 Å². The summed E-state index contributed by atoms with van der Waals surface area (Å²) in [6, 6.07) is 4.18. The monoisotopic (exact) mass is 327 g/mol. The van der Waals surface area contributed by atoms with Gasteiger partial charge in [0.2, 0.25) is 0 Å². The molecule has 5 nitrogen and oxygen atoms in total. The van der Waals surface area contributed by atoms with Crippen LogP contribution < -0.4 is 4.74 Å². The van der Waals surface area contributed by atoms with E-state index in [9.17, 15) is 9.90 Å². The first-order valence-electron chi connectivity index (χ1n) is 8.60. The zero-order chi connectivity index (χ0) is 16.6. The third-order valence-corrected chi connectivity index (χ3v) is 6.43. The molecule has 5 rings (SSSR count). The van der Waals surface area contributed by atoms with Crippen molar-refractivity contribution in [1.29, 1.82) is 0 Å². The zero-order valence-corrected chi connectivity index (χ0v) is 13.9. The summed E-state index contributed by atoms with van der Waals surface area (Å²) in [5, 5.41) is 10.4. The van der Waals surface area contributed by atoms with Crippen molar-refractivity contribution in [2.24, 2.45) is 5.92 Å². The maximum Gasteiger partial charge on any atom is 0.303 e. The van der Waals surface area contributed by atoms with Gasteiger partial charge in [-0.05, 0) is 44.1 Å². The van der Waals surface area contributed by atoms with Gasteiger partial charge in [-0.2, -0.15) is 0 Å². The highest BCUT2D eigenvalue weighted by atomic mass is 16.6. The number of phenolic OH excluding ortho intramolecular Hbond substituents is 1. The summed E-state index contributed by atoms with van der Waals surface area (Å²) in [5.41, 5.74) is 2.21. The van der Waals surface area contributed by atoms with Gasteiger partial charge in [0.25, 0.3) is 0 Å². The quantitative estimate of drug-likeness (QED) is 0.629. The van der Waals surface area contributed by atoms with Crippen molar-refractivity contribution < 1.29 is 19.4 Å². The molecule has 2 bridgehead atoms. The lowest BCUT2D eigenvalue weighted by Crippen LogP contribution is -2.65. The number of likely N-dealkylation sites (tertiary alicyclic amines) is 1. The predicted molar refractivity (Wildman–Crippen MR) is 87.1 cm³/mol. The molecule has 1 saturated heterocycles. The average molecular weight is 327 g/mol. The molecule has 0 amide bonds. The number of likely N-dealkylation sites (N-methyl/N-ethyl adjacent to an activating group) is 1. The molecule has 126 valence electrons. The number of carbonyl (C=O) groups is 1. The fourth-order valence-corrected chi connectivity index (χ4v) is 5.51. The molecule has 2 heterocycles. The Morgan fingerprint density at radius 3 is 3.04 bits per heavy atom. The summed E-state index contributed by atoms with van der Waals surface area (Å²) >= 11 is 0. The number of hydrogen-bond acceptors (Lipinski definition) is 5. The number of phenols is 1. The Bertz CT molecular complexity index is 773. The van der Waals surface area contributed by atoms with E-state index < -0.39 is 6.10 Å². The molecule has 1 spiro atoms. The maximum absolute atomic E-state index is 11.6. The first kappa shape index (κ1) is 14.3. The number of rotatable bonds is 1. The van der Waals surface area contributed by atoms with Gasteiger partial charge in [0.15, 0.2) is 17.6 Å². The number of esters is 1. The second-order valence-electron chi connectivity index (χ2n) is 7.51.